The quantitative estimate of drug-likeness (QED) is 0.605. The molecule has 6 nitrogen and oxygen atoms in total. The lowest BCUT2D eigenvalue weighted by molar-refractivity contribution is 0.0772. The van der Waals surface area contributed by atoms with Crippen molar-refractivity contribution in [2.45, 2.75) is 20.5 Å². The normalized spacial score (nSPS) is 10.3. The lowest BCUT2D eigenvalue weighted by Crippen LogP contribution is -2.30. The smallest absolute Gasteiger partial charge is 0.255 e. The van der Waals surface area contributed by atoms with E-state index < -0.39 is 0 Å². The van der Waals surface area contributed by atoms with Gasteiger partial charge in [-0.1, -0.05) is 12.1 Å². The minimum Gasteiger partial charge on any atom is -0.489 e. The molecule has 0 atom stereocenters. The Balaban J connectivity index is 1.62. The fourth-order valence-corrected chi connectivity index (χ4v) is 2.98. The number of carbonyl (C=O) groups excluding carboxylic acids is 2. The Bertz CT molecular complexity index is 984. The minimum absolute atomic E-state index is 0.0498. The number of carbonyl (C=O) groups is 2. The van der Waals surface area contributed by atoms with Crippen LogP contribution in [0.1, 0.15) is 40.1 Å². The van der Waals surface area contributed by atoms with Gasteiger partial charge in [0.1, 0.15) is 12.4 Å². The number of aromatic nitrogens is 1. The van der Waals surface area contributed by atoms with Gasteiger partial charge in [-0.2, -0.15) is 0 Å². The van der Waals surface area contributed by atoms with Crippen LogP contribution in [-0.4, -0.2) is 34.8 Å². The molecule has 30 heavy (non-hydrogen) atoms. The van der Waals surface area contributed by atoms with E-state index in [1.807, 2.05) is 26.0 Å². The maximum atomic E-state index is 12.6. The predicted octanol–water partition coefficient (Wildman–Crippen LogP) is 4.39. The fourth-order valence-electron chi connectivity index (χ4n) is 2.98. The van der Waals surface area contributed by atoms with Gasteiger partial charge in [0.25, 0.3) is 11.8 Å². The molecular formula is C24H25N3O3. The predicted molar refractivity (Wildman–Crippen MR) is 117 cm³/mol. The molecule has 3 aromatic rings. The van der Waals surface area contributed by atoms with E-state index >= 15 is 0 Å². The Morgan fingerprint density at radius 2 is 1.73 bits per heavy atom. The van der Waals surface area contributed by atoms with E-state index in [9.17, 15) is 9.59 Å². The van der Waals surface area contributed by atoms with Gasteiger partial charge in [-0.3, -0.25) is 14.6 Å². The highest BCUT2D eigenvalue weighted by Crippen LogP contribution is 2.17. The number of hydrogen-bond acceptors (Lipinski definition) is 4. The summed E-state index contributed by atoms with van der Waals surface area (Å²) in [5, 5.41) is 2.85. The molecule has 154 valence electrons. The first-order valence-corrected chi connectivity index (χ1v) is 9.93. The van der Waals surface area contributed by atoms with Gasteiger partial charge >= 0.3 is 0 Å². The maximum absolute atomic E-state index is 12.6. The van der Waals surface area contributed by atoms with E-state index in [0.29, 0.717) is 42.3 Å². The molecule has 0 spiro atoms. The molecule has 0 bridgehead atoms. The second-order valence-electron chi connectivity index (χ2n) is 6.69. The highest BCUT2D eigenvalue weighted by Gasteiger charge is 2.13. The zero-order chi connectivity index (χ0) is 21.3. The SMILES string of the molecule is CCN(CC)C(=O)c1cccc(NC(=O)c2ccc(OCc3cccnc3)cc2)c1. The second kappa shape index (κ2) is 10.2. The summed E-state index contributed by atoms with van der Waals surface area (Å²) in [6.45, 7) is 5.57. The first-order chi connectivity index (χ1) is 14.6. The lowest BCUT2D eigenvalue weighted by atomic mass is 10.1. The standard InChI is InChI=1S/C24H25N3O3/c1-3-27(4-2)24(29)20-8-5-9-21(15-20)26-23(28)19-10-12-22(13-11-19)30-17-18-7-6-14-25-16-18/h5-16H,3-4,17H2,1-2H3,(H,26,28). The third-order valence-corrected chi connectivity index (χ3v) is 4.66. The van der Waals surface area contributed by atoms with Crippen molar-refractivity contribution in [3.8, 4) is 5.75 Å². The third kappa shape index (κ3) is 5.44. The van der Waals surface area contributed by atoms with Gasteiger partial charge in [-0.05, 0) is 62.4 Å². The van der Waals surface area contributed by atoms with Gasteiger partial charge in [0.15, 0.2) is 0 Å². The number of anilines is 1. The average molecular weight is 403 g/mol. The Morgan fingerprint density at radius 3 is 2.40 bits per heavy atom. The zero-order valence-electron chi connectivity index (χ0n) is 17.2. The molecule has 3 rings (SSSR count). The molecule has 1 aromatic heterocycles. The molecule has 0 fully saturated rings. The van der Waals surface area contributed by atoms with Crippen LogP contribution in [0.25, 0.3) is 0 Å². The van der Waals surface area contributed by atoms with Crippen molar-refractivity contribution < 1.29 is 14.3 Å². The van der Waals surface area contributed by atoms with Gasteiger partial charge in [0.05, 0.1) is 0 Å². The Morgan fingerprint density at radius 1 is 0.967 bits per heavy atom. The van der Waals surface area contributed by atoms with Crippen LogP contribution in [-0.2, 0) is 6.61 Å². The van der Waals surface area contributed by atoms with Crippen LogP contribution in [0, 0.1) is 0 Å². The molecular weight excluding hydrogens is 378 g/mol. The molecule has 0 saturated carbocycles. The first-order valence-electron chi connectivity index (χ1n) is 9.93. The summed E-state index contributed by atoms with van der Waals surface area (Å²) in [7, 11) is 0. The Labute approximate surface area is 176 Å². The van der Waals surface area contributed by atoms with E-state index in [1.165, 1.54) is 0 Å². The summed E-state index contributed by atoms with van der Waals surface area (Å²) in [4.78, 5) is 30.9. The van der Waals surface area contributed by atoms with Crippen molar-refractivity contribution in [3.05, 3.63) is 89.7 Å². The summed E-state index contributed by atoms with van der Waals surface area (Å²) < 4.78 is 5.72. The number of nitrogens with zero attached hydrogens (tertiary/aromatic N) is 2. The van der Waals surface area contributed by atoms with Crippen LogP contribution < -0.4 is 10.1 Å². The second-order valence-corrected chi connectivity index (χ2v) is 6.69. The van der Waals surface area contributed by atoms with Gasteiger partial charge in [0, 0.05) is 47.9 Å². The van der Waals surface area contributed by atoms with E-state index in [1.54, 1.807) is 65.8 Å². The first kappa shape index (κ1) is 21.0. The summed E-state index contributed by atoms with van der Waals surface area (Å²) >= 11 is 0. The topological polar surface area (TPSA) is 71.5 Å². The van der Waals surface area contributed by atoms with E-state index in [0.717, 1.165) is 5.56 Å². The van der Waals surface area contributed by atoms with Gasteiger partial charge in [0.2, 0.25) is 0 Å². The Kier molecular flexibility index (Phi) is 7.16. The van der Waals surface area contributed by atoms with Crippen molar-refractivity contribution in [1.29, 1.82) is 0 Å². The van der Waals surface area contributed by atoms with Crippen LogP contribution in [0.15, 0.2) is 73.1 Å². The van der Waals surface area contributed by atoms with Crippen molar-refractivity contribution in [3.63, 3.8) is 0 Å². The number of amides is 2. The Hall–Kier alpha value is -3.67. The largest absolute Gasteiger partial charge is 0.489 e. The summed E-state index contributed by atoms with van der Waals surface area (Å²) in [6, 6.07) is 17.7. The van der Waals surface area contributed by atoms with Crippen LogP contribution in [0.3, 0.4) is 0 Å². The summed E-state index contributed by atoms with van der Waals surface area (Å²) in [5.41, 5.74) is 2.60. The number of benzene rings is 2. The van der Waals surface area contributed by atoms with Crippen molar-refractivity contribution >= 4 is 17.5 Å². The number of rotatable bonds is 8. The molecule has 0 radical (unpaired) electrons. The number of nitrogens with one attached hydrogen (secondary N) is 1. The van der Waals surface area contributed by atoms with Gasteiger partial charge < -0.3 is 15.0 Å². The van der Waals surface area contributed by atoms with Gasteiger partial charge in [-0.25, -0.2) is 0 Å². The van der Waals surface area contributed by atoms with Crippen LogP contribution >= 0.6 is 0 Å². The molecule has 2 aromatic carbocycles. The summed E-state index contributed by atoms with van der Waals surface area (Å²) in [5.74, 6) is 0.370. The van der Waals surface area contributed by atoms with Crippen molar-refractivity contribution in [2.24, 2.45) is 0 Å². The van der Waals surface area contributed by atoms with E-state index in [4.69, 9.17) is 4.74 Å². The molecule has 0 unspecified atom stereocenters. The molecule has 1 heterocycles. The van der Waals surface area contributed by atoms with Crippen LogP contribution in [0.4, 0.5) is 5.69 Å². The lowest BCUT2D eigenvalue weighted by Gasteiger charge is -2.19. The molecule has 0 saturated heterocycles. The minimum atomic E-state index is -0.249. The maximum Gasteiger partial charge on any atom is 0.255 e. The zero-order valence-corrected chi connectivity index (χ0v) is 17.2. The van der Waals surface area contributed by atoms with E-state index in [2.05, 4.69) is 10.3 Å². The molecule has 0 aliphatic heterocycles. The molecule has 0 aliphatic carbocycles. The number of hydrogen-bond donors (Lipinski definition) is 1. The molecule has 0 aliphatic rings. The third-order valence-electron chi connectivity index (χ3n) is 4.66. The average Bonchev–Trinajstić information content (AvgIpc) is 2.79. The van der Waals surface area contributed by atoms with Crippen LogP contribution in [0.2, 0.25) is 0 Å². The number of ether oxygens (including phenoxy) is 1. The monoisotopic (exact) mass is 403 g/mol. The van der Waals surface area contributed by atoms with E-state index in [-0.39, 0.29) is 11.8 Å². The molecule has 2 amide bonds. The molecule has 6 heteroatoms. The highest BCUT2D eigenvalue weighted by atomic mass is 16.5. The van der Waals surface area contributed by atoms with Crippen molar-refractivity contribution in [2.75, 3.05) is 18.4 Å². The van der Waals surface area contributed by atoms with Crippen LogP contribution in [0.5, 0.6) is 5.75 Å². The molecule has 1 N–H and O–H groups in total. The number of pyridine rings is 1. The fraction of sp³-hybridized carbons (Fsp3) is 0.208. The summed E-state index contributed by atoms with van der Waals surface area (Å²) in [6.07, 6.45) is 3.47. The van der Waals surface area contributed by atoms with Gasteiger partial charge in [-0.15, -0.1) is 0 Å². The van der Waals surface area contributed by atoms with Crippen molar-refractivity contribution in [1.82, 2.24) is 9.88 Å². The highest BCUT2D eigenvalue weighted by molar-refractivity contribution is 6.05.